The predicted molar refractivity (Wildman–Crippen MR) is 137 cm³/mol. The molecule has 0 bridgehead atoms. The number of hydrogen-bond acceptors (Lipinski definition) is 9. The molecule has 0 spiro atoms. The maximum atomic E-state index is 6.07. The van der Waals surface area contributed by atoms with Crippen LogP contribution in [0.2, 0.25) is 0 Å². The van der Waals surface area contributed by atoms with E-state index in [1.54, 1.807) is 23.1 Å². The number of methoxy groups -OCH3 is 1. The highest BCUT2D eigenvalue weighted by Crippen LogP contribution is 2.34. The molecule has 3 aromatic heterocycles. The van der Waals surface area contributed by atoms with Crippen LogP contribution >= 0.6 is 11.3 Å². The quantitative estimate of drug-likeness (QED) is 0.355. The molecule has 4 aromatic rings. The summed E-state index contributed by atoms with van der Waals surface area (Å²) in [5.74, 6) is 2.31. The minimum atomic E-state index is 0.270. The first-order valence-electron chi connectivity index (χ1n) is 12.2. The van der Waals surface area contributed by atoms with E-state index in [1.165, 1.54) is 4.88 Å². The van der Waals surface area contributed by atoms with Crippen molar-refractivity contribution in [2.75, 3.05) is 31.8 Å². The van der Waals surface area contributed by atoms with Crippen LogP contribution in [0.4, 0.5) is 5.82 Å². The van der Waals surface area contributed by atoms with Gasteiger partial charge in [-0.1, -0.05) is 12.1 Å². The zero-order valence-electron chi connectivity index (χ0n) is 20.3. The van der Waals surface area contributed by atoms with E-state index in [0.29, 0.717) is 24.5 Å². The van der Waals surface area contributed by atoms with Crippen LogP contribution in [0.5, 0.6) is 11.8 Å². The molecule has 2 aliphatic heterocycles. The molecule has 6 rings (SSSR count). The van der Waals surface area contributed by atoms with Crippen molar-refractivity contribution in [2.24, 2.45) is 0 Å². The van der Waals surface area contributed by atoms with Gasteiger partial charge in [-0.2, -0.15) is 15.1 Å². The van der Waals surface area contributed by atoms with E-state index in [0.717, 1.165) is 60.9 Å². The summed E-state index contributed by atoms with van der Waals surface area (Å²) in [6, 6.07) is 12.5. The van der Waals surface area contributed by atoms with Crippen LogP contribution in [0.15, 0.2) is 48.1 Å². The fraction of sp³-hybridized carbons (Fsp3) is 0.385. The van der Waals surface area contributed by atoms with Crippen LogP contribution < -0.4 is 14.4 Å². The summed E-state index contributed by atoms with van der Waals surface area (Å²) in [5, 5.41) is 4.80. The molecule has 0 aliphatic carbocycles. The normalized spacial score (nSPS) is 19.0. The fourth-order valence-corrected chi connectivity index (χ4v) is 5.67. The van der Waals surface area contributed by atoms with Crippen LogP contribution in [-0.4, -0.2) is 63.7 Å². The van der Waals surface area contributed by atoms with E-state index < -0.39 is 0 Å². The molecule has 10 heteroatoms. The second-order valence-electron chi connectivity index (χ2n) is 8.95. The zero-order valence-corrected chi connectivity index (χ0v) is 21.1. The number of nitrogens with zero attached hydrogens (tertiary/aromatic N) is 6. The van der Waals surface area contributed by atoms with Gasteiger partial charge in [-0.3, -0.25) is 0 Å². The van der Waals surface area contributed by atoms with E-state index >= 15 is 0 Å². The lowest BCUT2D eigenvalue weighted by molar-refractivity contribution is 0.113. The van der Waals surface area contributed by atoms with Gasteiger partial charge < -0.3 is 19.1 Å². The SMILES string of the molecule is COc1cccc(-c2ccn(-c3cc(N4CC[C@H]5OCC[C@H]54)nc(OCCc4scnc4C)n3)n2)c1. The number of anilines is 1. The lowest BCUT2D eigenvalue weighted by Crippen LogP contribution is -2.32. The topological polar surface area (TPSA) is 87.4 Å². The van der Waals surface area contributed by atoms with Gasteiger partial charge in [0, 0.05) is 42.3 Å². The lowest BCUT2D eigenvalue weighted by atomic mass is 10.1. The van der Waals surface area contributed by atoms with Gasteiger partial charge in [-0.15, -0.1) is 11.3 Å². The van der Waals surface area contributed by atoms with Gasteiger partial charge in [0.1, 0.15) is 11.6 Å². The Balaban J connectivity index is 1.30. The summed E-state index contributed by atoms with van der Waals surface area (Å²) >= 11 is 1.64. The monoisotopic (exact) mass is 504 g/mol. The molecule has 0 amide bonds. The van der Waals surface area contributed by atoms with Gasteiger partial charge in [0.15, 0.2) is 5.82 Å². The van der Waals surface area contributed by atoms with Gasteiger partial charge in [-0.25, -0.2) is 9.67 Å². The number of fused-ring (bicyclic) bond motifs is 1. The molecule has 2 saturated heterocycles. The first-order valence-corrected chi connectivity index (χ1v) is 13.1. The molecule has 1 aromatic carbocycles. The molecule has 9 nitrogen and oxygen atoms in total. The van der Waals surface area contributed by atoms with Crippen molar-refractivity contribution in [2.45, 2.75) is 38.3 Å². The molecule has 36 heavy (non-hydrogen) atoms. The van der Waals surface area contributed by atoms with Gasteiger partial charge in [-0.05, 0) is 38.0 Å². The molecule has 2 aliphatic rings. The molecule has 5 heterocycles. The van der Waals surface area contributed by atoms with Crippen LogP contribution in [-0.2, 0) is 11.2 Å². The van der Waals surface area contributed by atoms with Crippen LogP contribution in [0, 0.1) is 6.92 Å². The van der Waals surface area contributed by atoms with Crippen molar-refractivity contribution in [3.63, 3.8) is 0 Å². The first-order chi connectivity index (χ1) is 17.7. The minimum absolute atomic E-state index is 0.270. The summed E-state index contributed by atoms with van der Waals surface area (Å²) < 4.78 is 19.1. The first kappa shape index (κ1) is 22.9. The largest absolute Gasteiger partial charge is 0.497 e. The van der Waals surface area contributed by atoms with Crippen molar-refractivity contribution in [1.82, 2.24) is 24.7 Å². The third-order valence-electron chi connectivity index (χ3n) is 6.80. The maximum Gasteiger partial charge on any atom is 0.320 e. The number of ether oxygens (including phenoxy) is 3. The highest BCUT2D eigenvalue weighted by atomic mass is 32.1. The average molecular weight is 505 g/mol. The summed E-state index contributed by atoms with van der Waals surface area (Å²) in [6.07, 6.45) is 4.96. The maximum absolute atomic E-state index is 6.07. The number of thiazole rings is 1. The average Bonchev–Trinajstić information content (AvgIpc) is 3.69. The van der Waals surface area contributed by atoms with Crippen LogP contribution in [0.3, 0.4) is 0 Å². The predicted octanol–water partition coefficient (Wildman–Crippen LogP) is 4.09. The highest BCUT2D eigenvalue weighted by Gasteiger charge is 2.39. The Morgan fingerprint density at radius 2 is 2.06 bits per heavy atom. The van der Waals surface area contributed by atoms with Crippen LogP contribution in [0.1, 0.15) is 23.4 Å². The molecule has 0 unspecified atom stereocenters. The molecular weight excluding hydrogens is 476 g/mol. The van der Waals surface area contributed by atoms with Gasteiger partial charge in [0.05, 0.1) is 42.8 Å². The van der Waals surface area contributed by atoms with E-state index in [1.807, 2.05) is 55.0 Å². The lowest BCUT2D eigenvalue weighted by Gasteiger charge is -2.24. The third kappa shape index (κ3) is 4.54. The standard InChI is InChI=1S/C26H28N6O3S/c1-17-23(36-16-27-17)9-13-35-26-28-24(31-10-7-22-21(31)8-12-34-22)15-25(29-26)32-11-6-20(30-32)18-4-3-5-19(14-18)33-2/h3-6,11,14-16,21-22H,7-10,12-13H2,1-2H3/t21-,22-/m1/s1. The van der Waals surface area contributed by atoms with E-state index in [4.69, 9.17) is 29.3 Å². The Kier molecular flexibility index (Phi) is 6.28. The molecule has 0 radical (unpaired) electrons. The second kappa shape index (κ2) is 9.87. The highest BCUT2D eigenvalue weighted by molar-refractivity contribution is 7.09. The summed E-state index contributed by atoms with van der Waals surface area (Å²) in [6.45, 7) is 4.20. The van der Waals surface area contributed by atoms with Crippen molar-refractivity contribution < 1.29 is 14.2 Å². The number of aryl methyl sites for hydroxylation is 1. The number of rotatable bonds is 8. The zero-order chi connectivity index (χ0) is 24.5. The van der Waals surface area contributed by atoms with Gasteiger partial charge in [0.25, 0.3) is 0 Å². The fourth-order valence-electron chi connectivity index (χ4n) is 4.91. The molecule has 2 fully saturated rings. The summed E-state index contributed by atoms with van der Waals surface area (Å²) in [7, 11) is 1.66. The summed E-state index contributed by atoms with van der Waals surface area (Å²) in [4.78, 5) is 17.4. The molecule has 2 atom stereocenters. The van der Waals surface area contributed by atoms with Crippen molar-refractivity contribution >= 4 is 17.2 Å². The van der Waals surface area contributed by atoms with E-state index in [9.17, 15) is 0 Å². The smallest absolute Gasteiger partial charge is 0.320 e. The Bertz CT molecular complexity index is 1350. The Morgan fingerprint density at radius 3 is 2.92 bits per heavy atom. The van der Waals surface area contributed by atoms with E-state index in [2.05, 4.69) is 9.88 Å². The van der Waals surface area contributed by atoms with Crippen LogP contribution in [0.25, 0.3) is 17.1 Å². The van der Waals surface area contributed by atoms with Crippen molar-refractivity contribution in [1.29, 1.82) is 0 Å². The van der Waals surface area contributed by atoms with Gasteiger partial charge >= 0.3 is 6.01 Å². The van der Waals surface area contributed by atoms with Crippen molar-refractivity contribution in [3.8, 4) is 28.8 Å². The Morgan fingerprint density at radius 1 is 1.14 bits per heavy atom. The van der Waals surface area contributed by atoms with Crippen molar-refractivity contribution in [3.05, 3.63) is 58.7 Å². The Hall–Kier alpha value is -3.50. The molecule has 0 N–H and O–H groups in total. The second-order valence-corrected chi connectivity index (χ2v) is 9.89. The third-order valence-corrected chi connectivity index (χ3v) is 7.79. The molecular formula is C26H28N6O3S. The Labute approximate surface area is 213 Å². The summed E-state index contributed by atoms with van der Waals surface area (Å²) in [5.41, 5.74) is 4.72. The number of hydrogen-bond donors (Lipinski definition) is 0. The number of aromatic nitrogens is 5. The minimum Gasteiger partial charge on any atom is -0.497 e. The number of benzene rings is 1. The van der Waals surface area contributed by atoms with E-state index in [-0.39, 0.29) is 6.10 Å². The molecule has 0 saturated carbocycles. The van der Waals surface area contributed by atoms with Gasteiger partial charge in [0.2, 0.25) is 0 Å². The molecule has 186 valence electrons.